The highest BCUT2D eigenvalue weighted by Gasteiger charge is 2.22. The Morgan fingerprint density at radius 2 is 2.05 bits per heavy atom. The Hall–Kier alpha value is -2.15. The summed E-state index contributed by atoms with van der Waals surface area (Å²) in [7, 11) is 3.87. The van der Waals surface area contributed by atoms with Gasteiger partial charge in [0.05, 0.1) is 4.92 Å². The van der Waals surface area contributed by atoms with Gasteiger partial charge in [-0.05, 0) is 40.1 Å². The molecule has 7 nitrogen and oxygen atoms in total. The van der Waals surface area contributed by atoms with Crippen LogP contribution in [-0.2, 0) is 0 Å². The van der Waals surface area contributed by atoms with E-state index in [9.17, 15) is 14.9 Å². The Labute approximate surface area is 117 Å². The molecule has 1 rings (SSSR count). The molecule has 1 aromatic rings. The fraction of sp³-hybridized carbons (Fsp3) is 0.462. The topological polar surface area (TPSA) is 102 Å². The van der Waals surface area contributed by atoms with E-state index in [4.69, 9.17) is 5.73 Å². The maximum absolute atomic E-state index is 11.1. The number of nitrogens with zero attached hydrogens (tertiary/aromatic N) is 2. The second-order valence-corrected chi connectivity index (χ2v) is 5.41. The molecule has 7 heteroatoms. The van der Waals surface area contributed by atoms with Crippen molar-refractivity contribution in [2.45, 2.75) is 19.4 Å². The van der Waals surface area contributed by atoms with Gasteiger partial charge in [-0.15, -0.1) is 0 Å². The van der Waals surface area contributed by atoms with Crippen molar-refractivity contribution in [1.82, 2.24) is 4.90 Å². The average molecular weight is 280 g/mol. The Morgan fingerprint density at radius 1 is 1.45 bits per heavy atom. The lowest BCUT2D eigenvalue weighted by Crippen LogP contribution is -2.44. The minimum atomic E-state index is -0.687. The van der Waals surface area contributed by atoms with Crippen molar-refractivity contribution in [3.63, 3.8) is 0 Å². The SMILES string of the molecule is CN(C)C(C)(C)CNc1ccc(C(N)=O)cc1[N+](=O)[O-]. The fourth-order valence-electron chi connectivity index (χ4n) is 1.46. The number of rotatable bonds is 6. The molecule has 0 saturated carbocycles. The number of likely N-dealkylation sites (N-methyl/N-ethyl adjacent to an activating group) is 1. The van der Waals surface area contributed by atoms with E-state index in [1.807, 2.05) is 32.8 Å². The van der Waals surface area contributed by atoms with E-state index in [2.05, 4.69) is 5.32 Å². The molecule has 0 aliphatic carbocycles. The van der Waals surface area contributed by atoms with E-state index in [1.165, 1.54) is 18.2 Å². The largest absolute Gasteiger partial charge is 0.378 e. The summed E-state index contributed by atoms with van der Waals surface area (Å²) < 4.78 is 0. The molecule has 3 N–H and O–H groups in total. The van der Waals surface area contributed by atoms with Crippen molar-refractivity contribution in [2.24, 2.45) is 5.73 Å². The fourth-order valence-corrected chi connectivity index (χ4v) is 1.46. The second-order valence-electron chi connectivity index (χ2n) is 5.41. The molecule has 0 aliphatic rings. The third-order valence-electron chi connectivity index (χ3n) is 3.40. The lowest BCUT2D eigenvalue weighted by atomic mass is 10.0. The highest BCUT2D eigenvalue weighted by Crippen LogP contribution is 2.26. The number of nitro groups is 1. The van der Waals surface area contributed by atoms with Crippen LogP contribution in [0.25, 0.3) is 0 Å². The van der Waals surface area contributed by atoms with Gasteiger partial charge >= 0.3 is 0 Å². The van der Waals surface area contributed by atoms with Gasteiger partial charge in [0.25, 0.3) is 5.69 Å². The molecule has 1 amide bonds. The van der Waals surface area contributed by atoms with Crippen LogP contribution in [0, 0.1) is 10.1 Å². The van der Waals surface area contributed by atoms with Crippen LogP contribution in [0.15, 0.2) is 18.2 Å². The number of primary amides is 1. The third kappa shape index (κ3) is 3.67. The van der Waals surface area contributed by atoms with Gasteiger partial charge in [-0.1, -0.05) is 0 Å². The summed E-state index contributed by atoms with van der Waals surface area (Å²) in [6.07, 6.45) is 0. The van der Waals surface area contributed by atoms with Gasteiger partial charge in [0, 0.05) is 23.7 Å². The lowest BCUT2D eigenvalue weighted by molar-refractivity contribution is -0.384. The molecule has 0 radical (unpaired) electrons. The quantitative estimate of drug-likeness (QED) is 0.606. The van der Waals surface area contributed by atoms with Gasteiger partial charge in [0.15, 0.2) is 0 Å². The van der Waals surface area contributed by atoms with Crippen LogP contribution in [0.1, 0.15) is 24.2 Å². The molecule has 20 heavy (non-hydrogen) atoms. The van der Waals surface area contributed by atoms with Crippen molar-refractivity contribution >= 4 is 17.3 Å². The highest BCUT2D eigenvalue weighted by atomic mass is 16.6. The van der Waals surface area contributed by atoms with Crippen molar-refractivity contribution in [1.29, 1.82) is 0 Å². The van der Waals surface area contributed by atoms with Gasteiger partial charge in [-0.2, -0.15) is 0 Å². The molecule has 0 heterocycles. The van der Waals surface area contributed by atoms with Crippen LogP contribution in [0.3, 0.4) is 0 Å². The van der Waals surface area contributed by atoms with Crippen molar-refractivity contribution in [3.8, 4) is 0 Å². The van der Waals surface area contributed by atoms with E-state index in [-0.39, 0.29) is 16.8 Å². The predicted molar refractivity (Wildman–Crippen MR) is 77.9 cm³/mol. The molecule has 110 valence electrons. The normalized spacial score (nSPS) is 11.4. The van der Waals surface area contributed by atoms with Gasteiger partial charge in [-0.25, -0.2) is 0 Å². The number of benzene rings is 1. The maximum Gasteiger partial charge on any atom is 0.293 e. The number of nitrogens with one attached hydrogen (secondary N) is 1. The molecule has 0 saturated heterocycles. The molecular formula is C13H20N4O3. The molecule has 0 aliphatic heterocycles. The molecule has 0 atom stereocenters. The number of anilines is 1. The average Bonchev–Trinajstić information content (AvgIpc) is 2.35. The zero-order valence-electron chi connectivity index (χ0n) is 12.1. The Bertz CT molecular complexity index is 526. The van der Waals surface area contributed by atoms with Crippen LogP contribution in [0.2, 0.25) is 0 Å². The van der Waals surface area contributed by atoms with Crippen molar-refractivity contribution in [3.05, 3.63) is 33.9 Å². The van der Waals surface area contributed by atoms with E-state index < -0.39 is 10.8 Å². The minimum Gasteiger partial charge on any atom is -0.378 e. The van der Waals surface area contributed by atoms with E-state index in [1.54, 1.807) is 0 Å². The molecule has 1 aromatic carbocycles. The Balaban J connectivity index is 3.01. The summed E-state index contributed by atoms with van der Waals surface area (Å²) in [6.45, 7) is 4.56. The summed E-state index contributed by atoms with van der Waals surface area (Å²) in [6, 6.07) is 4.16. The number of hydrogen-bond donors (Lipinski definition) is 2. The van der Waals surface area contributed by atoms with Crippen LogP contribution in [0.5, 0.6) is 0 Å². The molecule has 0 fully saturated rings. The standard InChI is InChI=1S/C13H20N4O3/c1-13(2,16(3)4)8-15-10-6-5-9(12(14)18)7-11(10)17(19)20/h5-7,15H,8H2,1-4H3,(H2,14,18). The molecule has 0 aromatic heterocycles. The number of amides is 1. The number of hydrogen-bond acceptors (Lipinski definition) is 5. The van der Waals surface area contributed by atoms with Crippen LogP contribution < -0.4 is 11.1 Å². The predicted octanol–water partition coefficient (Wildman–Crippen LogP) is 1.45. The van der Waals surface area contributed by atoms with E-state index in [0.717, 1.165) is 0 Å². The first-order valence-corrected chi connectivity index (χ1v) is 6.14. The first-order valence-electron chi connectivity index (χ1n) is 6.14. The molecule has 0 spiro atoms. The number of nitro benzene ring substituents is 1. The van der Waals surface area contributed by atoms with Gasteiger partial charge in [0.1, 0.15) is 5.69 Å². The van der Waals surface area contributed by atoms with Crippen molar-refractivity contribution in [2.75, 3.05) is 26.0 Å². The van der Waals surface area contributed by atoms with Crippen LogP contribution in [-0.4, -0.2) is 41.9 Å². The first-order chi connectivity index (χ1) is 9.15. The zero-order valence-corrected chi connectivity index (χ0v) is 12.1. The number of nitrogens with two attached hydrogens (primary N) is 1. The summed E-state index contributed by atoms with van der Waals surface area (Å²) in [5.74, 6) is -0.687. The number of carbonyl (C=O) groups is 1. The zero-order chi connectivity index (χ0) is 15.5. The lowest BCUT2D eigenvalue weighted by Gasteiger charge is -2.32. The smallest absolute Gasteiger partial charge is 0.293 e. The van der Waals surface area contributed by atoms with E-state index >= 15 is 0 Å². The van der Waals surface area contributed by atoms with E-state index in [0.29, 0.717) is 12.2 Å². The third-order valence-corrected chi connectivity index (χ3v) is 3.40. The first kappa shape index (κ1) is 15.9. The minimum absolute atomic E-state index is 0.120. The summed E-state index contributed by atoms with van der Waals surface area (Å²) in [4.78, 5) is 23.6. The molecule has 0 unspecified atom stereocenters. The van der Waals surface area contributed by atoms with Crippen LogP contribution in [0.4, 0.5) is 11.4 Å². The molecule has 0 bridgehead atoms. The van der Waals surface area contributed by atoms with Gasteiger partial charge < -0.3 is 16.0 Å². The summed E-state index contributed by atoms with van der Waals surface area (Å²) >= 11 is 0. The van der Waals surface area contributed by atoms with Gasteiger partial charge in [0.2, 0.25) is 5.91 Å². The van der Waals surface area contributed by atoms with Gasteiger partial charge in [-0.3, -0.25) is 14.9 Å². The second kappa shape index (κ2) is 5.87. The maximum atomic E-state index is 11.1. The summed E-state index contributed by atoms with van der Waals surface area (Å²) in [5.41, 5.74) is 5.29. The van der Waals surface area contributed by atoms with Crippen molar-refractivity contribution < 1.29 is 9.72 Å². The highest BCUT2D eigenvalue weighted by molar-refractivity contribution is 5.94. The monoisotopic (exact) mass is 280 g/mol. The Morgan fingerprint density at radius 3 is 2.50 bits per heavy atom. The summed E-state index contributed by atoms with van der Waals surface area (Å²) in [5, 5.41) is 14.1. The molecular weight excluding hydrogens is 260 g/mol. The van der Waals surface area contributed by atoms with Crippen LogP contribution >= 0.6 is 0 Å². The number of carbonyl (C=O) groups excluding carboxylic acids is 1. The Kier molecular flexibility index (Phi) is 4.67.